The number of anilines is 2. The molecule has 3 rings (SSSR count). The van der Waals surface area contributed by atoms with Crippen molar-refractivity contribution >= 4 is 52.4 Å². The van der Waals surface area contributed by atoms with Crippen molar-refractivity contribution in [2.45, 2.75) is 13.3 Å². The first-order valence-electron chi connectivity index (χ1n) is 9.81. The van der Waals surface area contributed by atoms with Gasteiger partial charge in [0.1, 0.15) is 0 Å². The molecule has 0 aromatic heterocycles. The van der Waals surface area contributed by atoms with Crippen molar-refractivity contribution in [3.63, 3.8) is 0 Å². The van der Waals surface area contributed by atoms with Gasteiger partial charge in [-0.3, -0.25) is 19.8 Å². The van der Waals surface area contributed by atoms with Crippen LogP contribution in [0.2, 0.25) is 10.0 Å². The Morgan fingerprint density at radius 3 is 2.47 bits per heavy atom. The number of carbonyl (C=O) groups is 3. The maximum Gasteiger partial charge on any atom is 0.325 e. The molecule has 0 spiro atoms. The molecule has 0 unspecified atom stereocenters. The first kappa shape index (κ1) is 23.6. The fourth-order valence-electron chi connectivity index (χ4n) is 3.02. The molecule has 2 aromatic carbocycles. The zero-order valence-electron chi connectivity index (χ0n) is 17.2. The van der Waals surface area contributed by atoms with E-state index in [4.69, 9.17) is 32.7 Å². The summed E-state index contributed by atoms with van der Waals surface area (Å²) in [5.74, 6) is 0.199. The van der Waals surface area contributed by atoms with Gasteiger partial charge in [0, 0.05) is 16.8 Å². The van der Waals surface area contributed by atoms with E-state index in [0.717, 1.165) is 0 Å². The molecule has 170 valence electrons. The first-order valence-corrected chi connectivity index (χ1v) is 10.6. The Morgan fingerprint density at radius 1 is 0.969 bits per heavy atom. The van der Waals surface area contributed by atoms with Crippen molar-refractivity contribution in [2.24, 2.45) is 0 Å². The SMILES string of the molecule is CCCN(CC(=O)NC(=O)Nc1ccc2c(c1)OCO2)CC(=O)Nc1ccc(Cl)cc1Cl. The third-order valence-electron chi connectivity index (χ3n) is 4.36. The lowest BCUT2D eigenvalue weighted by Crippen LogP contribution is -2.44. The molecule has 0 saturated carbocycles. The van der Waals surface area contributed by atoms with Gasteiger partial charge in [0.2, 0.25) is 18.6 Å². The molecule has 1 aliphatic heterocycles. The number of nitrogens with one attached hydrogen (secondary N) is 3. The molecule has 0 fully saturated rings. The average Bonchev–Trinajstić information content (AvgIpc) is 3.18. The number of urea groups is 1. The molecule has 1 aliphatic rings. The quantitative estimate of drug-likeness (QED) is 0.531. The lowest BCUT2D eigenvalue weighted by molar-refractivity contribution is -0.122. The Balaban J connectivity index is 1.50. The molecule has 0 atom stereocenters. The van der Waals surface area contributed by atoms with Gasteiger partial charge in [-0.2, -0.15) is 0 Å². The van der Waals surface area contributed by atoms with E-state index >= 15 is 0 Å². The third-order valence-corrected chi connectivity index (χ3v) is 4.91. The summed E-state index contributed by atoms with van der Waals surface area (Å²) < 4.78 is 10.5. The van der Waals surface area contributed by atoms with Crippen LogP contribution in [-0.4, -0.2) is 49.2 Å². The molecular weight excluding hydrogens is 459 g/mol. The maximum absolute atomic E-state index is 12.4. The van der Waals surface area contributed by atoms with Crippen LogP contribution in [0.3, 0.4) is 0 Å². The molecule has 2 aromatic rings. The zero-order chi connectivity index (χ0) is 23.1. The Bertz CT molecular complexity index is 1020. The third kappa shape index (κ3) is 6.74. The number of imide groups is 1. The van der Waals surface area contributed by atoms with Crippen molar-refractivity contribution in [3.05, 3.63) is 46.4 Å². The highest BCUT2D eigenvalue weighted by molar-refractivity contribution is 6.36. The van der Waals surface area contributed by atoms with Gasteiger partial charge in [-0.25, -0.2) is 4.79 Å². The summed E-state index contributed by atoms with van der Waals surface area (Å²) in [6.45, 7) is 2.34. The van der Waals surface area contributed by atoms with Crippen LogP contribution >= 0.6 is 23.2 Å². The van der Waals surface area contributed by atoms with Gasteiger partial charge in [0.25, 0.3) is 0 Å². The van der Waals surface area contributed by atoms with E-state index in [9.17, 15) is 14.4 Å². The summed E-state index contributed by atoms with van der Waals surface area (Å²) in [6.07, 6.45) is 0.714. The second-order valence-corrected chi connectivity index (χ2v) is 7.80. The monoisotopic (exact) mass is 480 g/mol. The summed E-state index contributed by atoms with van der Waals surface area (Å²) in [6, 6.07) is 8.93. The first-order chi connectivity index (χ1) is 15.3. The number of benzene rings is 2. The normalized spacial score (nSPS) is 11.9. The largest absolute Gasteiger partial charge is 0.454 e. The van der Waals surface area contributed by atoms with Crippen LogP contribution in [0, 0.1) is 0 Å². The second-order valence-electron chi connectivity index (χ2n) is 6.95. The van der Waals surface area contributed by atoms with Gasteiger partial charge in [-0.05, 0) is 43.3 Å². The molecule has 32 heavy (non-hydrogen) atoms. The number of ether oxygens (including phenoxy) is 2. The molecule has 9 nitrogen and oxygen atoms in total. The summed E-state index contributed by atoms with van der Waals surface area (Å²) in [4.78, 5) is 38.5. The Hall–Kier alpha value is -3.01. The van der Waals surface area contributed by atoms with Gasteiger partial charge < -0.3 is 20.1 Å². The minimum Gasteiger partial charge on any atom is -0.454 e. The predicted molar refractivity (Wildman–Crippen MR) is 122 cm³/mol. The number of amides is 4. The number of carbonyl (C=O) groups excluding carboxylic acids is 3. The van der Waals surface area contributed by atoms with E-state index in [1.54, 1.807) is 35.2 Å². The highest BCUT2D eigenvalue weighted by atomic mass is 35.5. The lowest BCUT2D eigenvalue weighted by atomic mass is 10.3. The molecule has 0 bridgehead atoms. The van der Waals surface area contributed by atoms with E-state index in [1.807, 2.05) is 6.92 Å². The van der Waals surface area contributed by atoms with Crippen molar-refractivity contribution in [1.29, 1.82) is 0 Å². The van der Waals surface area contributed by atoms with Crippen molar-refractivity contribution in [3.8, 4) is 11.5 Å². The number of nitrogens with zero attached hydrogens (tertiary/aromatic N) is 1. The van der Waals surface area contributed by atoms with Gasteiger partial charge in [0.05, 0.1) is 23.8 Å². The summed E-state index contributed by atoms with van der Waals surface area (Å²) in [5, 5.41) is 8.27. The number of hydrogen-bond acceptors (Lipinski definition) is 6. The number of fused-ring (bicyclic) bond motifs is 1. The zero-order valence-corrected chi connectivity index (χ0v) is 18.8. The van der Waals surface area contributed by atoms with Gasteiger partial charge in [-0.1, -0.05) is 30.1 Å². The smallest absolute Gasteiger partial charge is 0.325 e. The van der Waals surface area contributed by atoms with E-state index < -0.39 is 11.9 Å². The van der Waals surface area contributed by atoms with Crippen molar-refractivity contribution in [2.75, 3.05) is 37.1 Å². The standard InChI is InChI=1S/C21H22Cl2N4O5/c1-2-7-27(10-19(28)25-16-5-3-13(22)8-15(16)23)11-20(29)26-21(30)24-14-4-6-17-18(9-14)32-12-31-17/h3-6,8-9H,2,7,10-12H2,1H3,(H,25,28)(H2,24,26,29,30). The molecule has 11 heteroatoms. The van der Waals surface area contributed by atoms with Crippen LogP contribution in [0.15, 0.2) is 36.4 Å². The molecular formula is C21H22Cl2N4O5. The minimum absolute atomic E-state index is 0.0516. The summed E-state index contributed by atoms with van der Waals surface area (Å²) in [5.41, 5.74) is 0.870. The highest BCUT2D eigenvalue weighted by Crippen LogP contribution is 2.34. The topological polar surface area (TPSA) is 109 Å². The van der Waals surface area contributed by atoms with E-state index in [2.05, 4.69) is 16.0 Å². The van der Waals surface area contributed by atoms with Crippen molar-refractivity contribution in [1.82, 2.24) is 10.2 Å². The molecule has 0 radical (unpaired) electrons. The Labute approximate surface area is 194 Å². The Kier molecular flexibility index (Phi) is 8.15. The maximum atomic E-state index is 12.4. The van der Waals surface area contributed by atoms with E-state index in [-0.39, 0.29) is 25.8 Å². The minimum atomic E-state index is -0.692. The van der Waals surface area contributed by atoms with E-state index in [1.165, 1.54) is 6.07 Å². The number of rotatable bonds is 8. The summed E-state index contributed by atoms with van der Waals surface area (Å²) >= 11 is 11.9. The summed E-state index contributed by atoms with van der Waals surface area (Å²) in [7, 11) is 0. The van der Waals surface area contributed by atoms with Crippen LogP contribution < -0.4 is 25.4 Å². The van der Waals surface area contributed by atoms with Crippen LogP contribution in [0.5, 0.6) is 11.5 Å². The predicted octanol–water partition coefficient (Wildman–Crippen LogP) is 3.72. The fraction of sp³-hybridized carbons (Fsp3) is 0.286. The second kappa shape index (κ2) is 11.0. The van der Waals surface area contributed by atoms with Gasteiger partial charge in [-0.15, -0.1) is 0 Å². The van der Waals surface area contributed by atoms with Crippen LogP contribution in [0.4, 0.5) is 16.2 Å². The van der Waals surface area contributed by atoms with Crippen molar-refractivity contribution < 1.29 is 23.9 Å². The molecule has 4 amide bonds. The molecule has 0 aliphatic carbocycles. The molecule has 0 saturated heterocycles. The van der Waals surface area contributed by atoms with Crippen LogP contribution in [0.1, 0.15) is 13.3 Å². The number of halogens is 2. The highest BCUT2D eigenvalue weighted by Gasteiger charge is 2.18. The fourth-order valence-corrected chi connectivity index (χ4v) is 3.48. The lowest BCUT2D eigenvalue weighted by Gasteiger charge is -2.20. The molecule has 1 heterocycles. The number of hydrogen-bond donors (Lipinski definition) is 3. The van der Waals surface area contributed by atoms with Crippen LogP contribution in [-0.2, 0) is 9.59 Å². The van der Waals surface area contributed by atoms with Gasteiger partial charge in [0.15, 0.2) is 11.5 Å². The van der Waals surface area contributed by atoms with E-state index in [0.29, 0.717) is 45.9 Å². The Morgan fingerprint density at radius 2 is 1.72 bits per heavy atom. The molecule has 3 N–H and O–H groups in total. The average molecular weight is 481 g/mol. The van der Waals surface area contributed by atoms with Crippen LogP contribution in [0.25, 0.3) is 0 Å². The van der Waals surface area contributed by atoms with Gasteiger partial charge >= 0.3 is 6.03 Å².